The maximum absolute atomic E-state index is 11.4. The average molecular weight is 278 g/mol. The molecule has 1 aliphatic rings. The highest BCUT2D eigenvalue weighted by molar-refractivity contribution is 7.99. The van der Waals surface area contributed by atoms with Crippen LogP contribution in [0.4, 0.5) is 11.4 Å². The molecule has 2 unspecified atom stereocenters. The number of hydrogen-bond acceptors (Lipinski definition) is 4. The van der Waals surface area contributed by atoms with Gasteiger partial charge in [0.1, 0.15) is 0 Å². The van der Waals surface area contributed by atoms with E-state index in [4.69, 9.17) is 5.73 Å². The second-order valence-electron chi connectivity index (χ2n) is 5.17. The van der Waals surface area contributed by atoms with E-state index in [-0.39, 0.29) is 5.78 Å². The van der Waals surface area contributed by atoms with Crippen LogP contribution < -0.4 is 11.1 Å². The molecule has 19 heavy (non-hydrogen) atoms. The second kappa shape index (κ2) is 6.33. The van der Waals surface area contributed by atoms with Crippen LogP contribution in [0.1, 0.15) is 43.0 Å². The first-order valence-electron chi connectivity index (χ1n) is 6.81. The van der Waals surface area contributed by atoms with Crippen molar-refractivity contribution in [2.75, 3.05) is 17.3 Å². The number of carbonyl (C=O) groups excluding carboxylic acids is 1. The minimum absolute atomic E-state index is 0.0173. The summed E-state index contributed by atoms with van der Waals surface area (Å²) in [5, 5.41) is 4.25. The molecule has 3 nitrogen and oxygen atoms in total. The zero-order chi connectivity index (χ0) is 13.8. The third kappa shape index (κ3) is 3.44. The Morgan fingerprint density at radius 3 is 2.74 bits per heavy atom. The summed E-state index contributed by atoms with van der Waals surface area (Å²) in [7, 11) is 0. The van der Waals surface area contributed by atoms with Crippen molar-refractivity contribution in [3.63, 3.8) is 0 Å². The van der Waals surface area contributed by atoms with E-state index in [1.165, 1.54) is 25.7 Å². The highest BCUT2D eigenvalue weighted by Gasteiger charge is 2.24. The van der Waals surface area contributed by atoms with E-state index < -0.39 is 0 Å². The minimum Gasteiger partial charge on any atom is -0.398 e. The molecule has 1 aromatic rings. The molecule has 1 fully saturated rings. The quantitative estimate of drug-likeness (QED) is 0.653. The number of anilines is 2. The van der Waals surface area contributed by atoms with Gasteiger partial charge in [-0.1, -0.05) is 12.8 Å². The van der Waals surface area contributed by atoms with Gasteiger partial charge in [-0.25, -0.2) is 0 Å². The minimum atomic E-state index is 0.0173. The van der Waals surface area contributed by atoms with Crippen LogP contribution in [0.15, 0.2) is 18.2 Å². The number of Topliss-reactive ketones (excluding diaryl/α,β-unsaturated/α-hetero) is 1. The molecule has 0 spiro atoms. The molecule has 1 aromatic carbocycles. The van der Waals surface area contributed by atoms with E-state index in [2.05, 4.69) is 11.6 Å². The second-order valence-corrected chi connectivity index (χ2v) is 6.24. The lowest BCUT2D eigenvalue weighted by atomic mass is 9.94. The fourth-order valence-corrected chi connectivity index (χ4v) is 3.67. The third-order valence-corrected chi connectivity index (χ3v) is 4.96. The lowest BCUT2D eigenvalue weighted by molar-refractivity contribution is 0.101. The number of nitrogen functional groups attached to an aromatic ring is 1. The Morgan fingerprint density at radius 1 is 1.37 bits per heavy atom. The van der Waals surface area contributed by atoms with Crippen molar-refractivity contribution < 1.29 is 4.79 Å². The molecule has 0 bridgehead atoms. The van der Waals surface area contributed by atoms with Crippen molar-refractivity contribution >= 4 is 28.9 Å². The number of rotatable bonds is 4. The average Bonchev–Trinajstić information content (AvgIpc) is 2.39. The Labute approximate surface area is 119 Å². The Morgan fingerprint density at radius 2 is 2.11 bits per heavy atom. The van der Waals surface area contributed by atoms with Gasteiger partial charge in [0.2, 0.25) is 0 Å². The van der Waals surface area contributed by atoms with Crippen molar-refractivity contribution in [1.29, 1.82) is 0 Å². The third-order valence-electron chi connectivity index (χ3n) is 3.79. The predicted molar refractivity (Wildman–Crippen MR) is 84.0 cm³/mol. The zero-order valence-electron chi connectivity index (χ0n) is 11.6. The van der Waals surface area contributed by atoms with Crippen molar-refractivity contribution in [2.45, 2.75) is 43.9 Å². The van der Waals surface area contributed by atoms with Gasteiger partial charge in [0.25, 0.3) is 0 Å². The fourth-order valence-electron chi connectivity index (χ4n) is 2.73. The van der Waals surface area contributed by atoms with Gasteiger partial charge in [0.15, 0.2) is 5.78 Å². The van der Waals surface area contributed by atoms with Crippen molar-refractivity contribution in [3.05, 3.63) is 23.8 Å². The highest BCUT2D eigenvalue weighted by atomic mass is 32.2. The number of carbonyl (C=O) groups is 1. The van der Waals surface area contributed by atoms with Gasteiger partial charge in [-0.15, -0.1) is 0 Å². The van der Waals surface area contributed by atoms with Crippen LogP contribution in [0, 0.1) is 0 Å². The molecule has 0 radical (unpaired) electrons. The molecule has 4 heteroatoms. The van der Waals surface area contributed by atoms with Crippen LogP contribution in [-0.2, 0) is 0 Å². The SMILES string of the molecule is CSC1CCCCC1Nc1ccc(C(C)=O)c(N)c1. The van der Waals surface area contributed by atoms with Crippen molar-refractivity contribution in [3.8, 4) is 0 Å². The number of nitrogens with one attached hydrogen (secondary N) is 1. The molecule has 0 amide bonds. The van der Waals surface area contributed by atoms with E-state index in [0.717, 1.165) is 5.69 Å². The lowest BCUT2D eigenvalue weighted by Gasteiger charge is -2.31. The topological polar surface area (TPSA) is 55.1 Å². The first-order valence-corrected chi connectivity index (χ1v) is 8.10. The maximum Gasteiger partial charge on any atom is 0.161 e. The van der Waals surface area contributed by atoms with Crippen molar-refractivity contribution in [2.24, 2.45) is 0 Å². The summed E-state index contributed by atoms with van der Waals surface area (Å²) in [5.41, 5.74) is 8.12. The molecule has 104 valence electrons. The predicted octanol–water partition coefficient (Wildman–Crippen LogP) is 3.56. The van der Waals surface area contributed by atoms with Gasteiger partial charge in [-0.2, -0.15) is 11.8 Å². The number of thioether (sulfide) groups is 1. The normalized spacial score (nSPS) is 23.1. The summed E-state index contributed by atoms with van der Waals surface area (Å²) < 4.78 is 0. The van der Waals surface area contributed by atoms with E-state index in [1.807, 2.05) is 30.0 Å². The first kappa shape index (κ1) is 14.3. The number of nitrogens with two attached hydrogens (primary N) is 1. The summed E-state index contributed by atoms with van der Waals surface area (Å²) in [6.45, 7) is 1.55. The highest BCUT2D eigenvalue weighted by Crippen LogP contribution is 2.30. The molecule has 0 aromatic heterocycles. The van der Waals surface area contributed by atoms with Gasteiger partial charge in [-0.3, -0.25) is 4.79 Å². The van der Waals surface area contributed by atoms with Crippen LogP contribution >= 0.6 is 11.8 Å². The molecule has 0 saturated heterocycles. The smallest absolute Gasteiger partial charge is 0.161 e. The van der Waals surface area contributed by atoms with Crippen LogP contribution in [0.25, 0.3) is 0 Å². The van der Waals surface area contributed by atoms with Crippen LogP contribution in [0.5, 0.6) is 0 Å². The molecular formula is C15H22N2OS. The van der Waals surface area contributed by atoms with Crippen LogP contribution in [0.2, 0.25) is 0 Å². The lowest BCUT2D eigenvalue weighted by Crippen LogP contribution is -2.34. The van der Waals surface area contributed by atoms with Crippen molar-refractivity contribution in [1.82, 2.24) is 0 Å². The number of benzene rings is 1. The van der Waals surface area contributed by atoms with Gasteiger partial charge in [0, 0.05) is 28.2 Å². The van der Waals surface area contributed by atoms with E-state index >= 15 is 0 Å². The monoisotopic (exact) mass is 278 g/mol. The number of hydrogen-bond donors (Lipinski definition) is 2. The zero-order valence-corrected chi connectivity index (χ0v) is 12.4. The summed E-state index contributed by atoms with van der Waals surface area (Å²) in [6, 6.07) is 6.16. The van der Waals surface area contributed by atoms with Gasteiger partial charge in [0.05, 0.1) is 0 Å². The van der Waals surface area contributed by atoms with E-state index in [1.54, 1.807) is 6.92 Å². The summed E-state index contributed by atoms with van der Waals surface area (Å²) in [6.07, 6.45) is 7.28. The van der Waals surface area contributed by atoms with Gasteiger partial charge >= 0.3 is 0 Å². The molecule has 2 atom stereocenters. The maximum atomic E-state index is 11.4. The largest absolute Gasteiger partial charge is 0.398 e. The number of ketones is 1. The van der Waals surface area contributed by atoms with E-state index in [0.29, 0.717) is 22.5 Å². The van der Waals surface area contributed by atoms with Gasteiger partial charge < -0.3 is 11.1 Å². The summed E-state index contributed by atoms with van der Waals surface area (Å²) in [5.74, 6) is 0.0173. The summed E-state index contributed by atoms with van der Waals surface area (Å²) >= 11 is 1.94. The molecule has 0 heterocycles. The first-order chi connectivity index (χ1) is 9.11. The van der Waals surface area contributed by atoms with E-state index in [9.17, 15) is 4.79 Å². The molecule has 0 aliphatic heterocycles. The summed E-state index contributed by atoms with van der Waals surface area (Å²) in [4.78, 5) is 11.4. The van der Waals surface area contributed by atoms with Crippen LogP contribution in [0.3, 0.4) is 0 Å². The molecule has 1 saturated carbocycles. The van der Waals surface area contributed by atoms with Gasteiger partial charge in [-0.05, 0) is 44.2 Å². The van der Waals surface area contributed by atoms with Crippen LogP contribution in [-0.4, -0.2) is 23.3 Å². The standard InChI is InChI=1S/C15H22N2OS/c1-10(18)12-8-7-11(9-13(12)16)17-14-5-3-4-6-15(14)19-2/h7-9,14-15,17H,3-6,16H2,1-2H3. The Hall–Kier alpha value is -1.16. The Balaban J connectivity index is 2.10. The molecule has 1 aliphatic carbocycles. The Kier molecular flexibility index (Phi) is 4.75. The molecule has 3 N–H and O–H groups in total. The molecular weight excluding hydrogens is 256 g/mol. The molecule has 2 rings (SSSR count). The fraction of sp³-hybridized carbons (Fsp3) is 0.533. The Bertz CT molecular complexity index is 461.